The molecule has 1 heterocycles. The minimum Gasteiger partial charge on any atom is -0.494 e. The Labute approximate surface area is 175 Å². The topological polar surface area (TPSA) is 75.9 Å². The van der Waals surface area contributed by atoms with Crippen LogP contribution in [0.1, 0.15) is 18.4 Å². The summed E-state index contributed by atoms with van der Waals surface area (Å²) in [5.74, 6) is 0.902. The molecule has 0 aliphatic carbocycles. The highest BCUT2D eigenvalue weighted by Crippen LogP contribution is 2.31. The zero-order valence-electron chi connectivity index (χ0n) is 16.3. The summed E-state index contributed by atoms with van der Waals surface area (Å²) in [5, 5.41) is 11.6. The molecule has 2 aromatic carbocycles. The van der Waals surface area contributed by atoms with Crippen molar-refractivity contribution in [2.45, 2.75) is 19.8 Å². The second-order valence-electron chi connectivity index (χ2n) is 7.03. The zero-order chi connectivity index (χ0) is 20.8. The lowest BCUT2D eigenvalue weighted by Gasteiger charge is -2.35. The second kappa shape index (κ2) is 9.60. The fourth-order valence-corrected chi connectivity index (χ4v) is 3.55. The van der Waals surface area contributed by atoms with E-state index in [1.54, 1.807) is 12.1 Å². The maximum Gasteiger partial charge on any atom is 0.294 e. The molecular formula is C21H24ClN3O4. The van der Waals surface area contributed by atoms with Crippen LogP contribution in [0.2, 0.25) is 5.02 Å². The van der Waals surface area contributed by atoms with Gasteiger partial charge in [0, 0.05) is 43.7 Å². The van der Waals surface area contributed by atoms with E-state index in [4.69, 9.17) is 16.3 Å². The number of rotatable bonds is 7. The van der Waals surface area contributed by atoms with Crippen molar-refractivity contribution in [3.63, 3.8) is 0 Å². The molecule has 0 unspecified atom stereocenters. The molecule has 1 fully saturated rings. The predicted molar refractivity (Wildman–Crippen MR) is 113 cm³/mol. The molecule has 8 heteroatoms. The molecule has 0 aromatic heterocycles. The zero-order valence-corrected chi connectivity index (χ0v) is 17.1. The van der Waals surface area contributed by atoms with Crippen molar-refractivity contribution in [2.24, 2.45) is 0 Å². The van der Waals surface area contributed by atoms with Crippen molar-refractivity contribution >= 4 is 28.9 Å². The van der Waals surface area contributed by atoms with Crippen molar-refractivity contribution in [3.05, 3.63) is 63.2 Å². The number of anilines is 1. The van der Waals surface area contributed by atoms with E-state index in [0.29, 0.717) is 56.3 Å². The van der Waals surface area contributed by atoms with Gasteiger partial charge < -0.3 is 14.5 Å². The first-order valence-corrected chi connectivity index (χ1v) is 9.98. The molecule has 1 aliphatic heterocycles. The Morgan fingerprint density at radius 3 is 2.62 bits per heavy atom. The van der Waals surface area contributed by atoms with Crippen molar-refractivity contribution in [3.8, 4) is 5.75 Å². The number of piperazine rings is 1. The van der Waals surface area contributed by atoms with Crippen LogP contribution in [-0.4, -0.2) is 48.5 Å². The average molecular weight is 418 g/mol. The van der Waals surface area contributed by atoms with Gasteiger partial charge in [-0.3, -0.25) is 14.9 Å². The summed E-state index contributed by atoms with van der Waals surface area (Å²) in [7, 11) is 0. The molecule has 1 aliphatic rings. The van der Waals surface area contributed by atoms with E-state index >= 15 is 0 Å². The van der Waals surface area contributed by atoms with E-state index in [9.17, 15) is 14.9 Å². The third kappa shape index (κ3) is 5.60. The van der Waals surface area contributed by atoms with E-state index < -0.39 is 4.92 Å². The number of carbonyl (C=O) groups is 1. The van der Waals surface area contributed by atoms with Crippen molar-refractivity contribution in [1.82, 2.24) is 4.90 Å². The Hall–Kier alpha value is -2.80. The standard InChI is InChI=1S/C21H24ClN3O4/c1-16-4-2-5-18(14-16)29-13-3-6-21(26)24-11-9-23(10-12-24)19-8-7-17(22)15-20(19)25(27)28/h2,4-5,7-8,14-15H,3,6,9-13H2,1H3. The van der Waals surface area contributed by atoms with Crippen LogP contribution < -0.4 is 9.64 Å². The number of aryl methyl sites for hydroxylation is 1. The maximum atomic E-state index is 12.5. The van der Waals surface area contributed by atoms with Crippen LogP contribution in [0.25, 0.3) is 0 Å². The molecule has 29 heavy (non-hydrogen) atoms. The number of amides is 1. The monoisotopic (exact) mass is 417 g/mol. The van der Waals surface area contributed by atoms with E-state index in [1.807, 2.05) is 41.0 Å². The minimum atomic E-state index is -0.424. The minimum absolute atomic E-state index is 0.00873. The molecule has 7 nitrogen and oxygen atoms in total. The molecule has 0 spiro atoms. The summed E-state index contributed by atoms with van der Waals surface area (Å²) < 4.78 is 5.69. The third-order valence-corrected chi connectivity index (χ3v) is 5.14. The van der Waals surface area contributed by atoms with Crippen molar-refractivity contribution < 1.29 is 14.5 Å². The lowest BCUT2D eigenvalue weighted by molar-refractivity contribution is -0.384. The van der Waals surface area contributed by atoms with Gasteiger partial charge in [-0.25, -0.2) is 0 Å². The first-order valence-electron chi connectivity index (χ1n) is 9.60. The fourth-order valence-electron chi connectivity index (χ4n) is 3.38. The molecule has 154 valence electrons. The summed E-state index contributed by atoms with van der Waals surface area (Å²) in [5.41, 5.74) is 1.67. The fraction of sp³-hybridized carbons (Fsp3) is 0.381. The Balaban J connectivity index is 1.45. The van der Waals surface area contributed by atoms with Gasteiger partial charge in [0.15, 0.2) is 0 Å². The molecule has 0 atom stereocenters. The number of nitro benzene ring substituents is 1. The number of hydrogen-bond acceptors (Lipinski definition) is 5. The quantitative estimate of drug-likeness (QED) is 0.385. The summed E-state index contributed by atoms with van der Waals surface area (Å²) in [6.45, 7) is 4.68. The van der Waals surface area contributed by atoms with Gasteiger partial charge in [0.05, 0.1) is 11.5 Å². The van der Waals surface area contributed by atoms with Gasteiger partial charge in [-0.05, 0) is 43.2 Å². The maximum absolute atomic E-state index is 12.5. The van der Waals surface area contributed by atoms with Crippen LogP contribution in [0.5, 0.6) is 5.75 Å². The van der Waals surface area contributed by atoms with Crippen molar-refractivity contribution in [1.29, 1.82) is 0 Å². The van der Waals surface area contributed by atoms with E-state index in [-0.39, 0.29) is 11.6 Å². The Kier molecular flexibility index (Phi) is 6.93. The highest BCUT2D eigenvalue weighted by Gasteiger charge is 2.25. The van der Waals surface area contributed by atoms with Crippen molar-refractivity contribution in [2.75, 3.05) is 37.7 Å². The van der Waals surface area contributed by atoms with Gasteiger partial charge in [0.25, 0.3) is 5.69 Å². The third-order valence-electron chi connectivity index (χ3n) is 4.90. The van der Waals surface area contributed by atoms with Crippen LogP contribution in [-0.2, 0) is 4.79 Å². The van der Waals surface area contributed by atoms with Crippen LogP contribution in [0.15, 0.2) is 42.5 Å². The number of carbonyl (C=O) groups excluding carboxylic acids is 1. The Morgan fingerprint density at radius 2 is 1.93 bits per heavy atom. The Morgan fingerprint density at radius 1 is 1.17 bits per heavy atom. The summed E-state index contributed by atoms with van der Waals surface area (Å²) in [4.78, 5) is 27.1. The largest absolute Gasteiger partial charge is 0.494 e. The van der Waals surface area contributed by atoms with E-state index in [1.165, 1.54) is 6.07 Å². The van der Waals surface area contributed by atoms with Crippen LogP contribution in [0.3, 0.4) is 0 Å². The molecule has 1 amide bonds. The highest BCUT2D eigenvalue weighted by atomic mass is 35.5. The van der Waals surface area contributed by atoms with Gasteiger partial charge in [0.1, 0.15) is 11.4 Å². The van der Waals surface area contributed by atoms with Gasteiger partial charge in [-0.15, -0.1) is 0 Å². The second-order valence-corrected chi connectivity index (χ2v) is 7.46. The van der Waals surface area contributed by atoms with E-state index in [2.05, 4.69) is 0 Å². The molecule has 0 saturated carbocycles. The van der Waals surface area contributed by atoms with Gasteiger partial charge in [-0.2, -0.15) is 0 Å². The number of nitro groups is 1. The molecule has 1 saturated heterocycles. The normalized spacial score (nSPS) is 14.0. The first kappa shape index (κ1) is 20.9. The summed E-state index contributed by atoms with van der Waals surface area (Å²) in [6, 6.07) is 12.5. The van der Waals surface area contributed by atoms with Gasteiger partial charge >= 0.3 is 0 Å². The number of halogens is 1. The molecule has 0 N–H and O–H groups in total. The Bertz CT molecular complexity index is 882. The molecule has 3 rings (SSSR count). The van der Waals surface area contributed by atoms with Crippen LogP contribution in [0.4, 0.5) is 11.4 Å². The smallest absolute Gasteiger partial charge is 0.294 e. The average Bonchev–Trinajstić information content (AvgIpc) is 2.71. The summed E-state index contributed by atoms with van der Waals surface area (Å²) in [6.07, 6.45) is 1.07. The number of hydrogen-bond donors (Lipinski definition) is 0. The number of ether oxygens (including phenoxy) is 1. The van der Waals surface area contributed by atoms with E-state index in [0.717, 1.165) is 11.3 Å². The van der Waals surface area contributed by atoms with Gasteiger partial charge in [-0.1, -0.05) is 23.7 Å². The number of nitrogens with zero attached hydrogens (tertiary/aromatic N) is 3. The summed E-state index contributed by atoms with van der Waals surface area (Å²) >= 11 is 5.89. The first-order chi connectivity index (χ1) is 13.9. The number of benzene rings is 2. The lowest BCUT2D eigenvalue weighted by atomic mass is 10.2. The highest BCUT2D eigenvalue weighted by molar-refractivity contribution is 6.30. The SMILES string of the molecule is Cc1cccc(OCCCC(=O)N2CCN(c3ccc(Cl)cc3[N+](=O)[O-])CC2)c1. The molecule has 0 bridgehead atoms. The van der Waals surface area contributed by atoms with Crippen LogP contribution >= 0.6 is 11.6 Å². The van der Waals surface area contributed by atoms with Gasteiger partial charge in [0.2, 0.25) is 5.91 Å². The van der Waals surface area contributed by atoms with Crippen LogP contribution in [0, 0.1) is 17.0 Å². The lowest BCUT2D eigenvalue weighted by Crippen LogP contribution is -2.49. The molecule has 0 radical (unpaired) electrons. The predicted octanol–water partition coefficient (Wildman–Crippen LogP) is 4.06. The molecular weight excluding hydrogens is 394 g/mol. The molecule has 2 aromatic rings.